The van der Waals surface area contributed by atoms with Crippen LogP contribution in [0, 0.1) is 0 Å². The summed E-state index contributed by atoms with van der Waals surface area (Å²) in [6.45, 7) is 2.30. The largest absolute Gasteiger partial charge is 0.370 e. The maximum atomic E-state index is 10.8. The first kappa shape index (κ1) is 11.9. The molecule has 0 aromatic rings. The normalized spacial score (nSPS) is 9.69. The Hall–Kier alpha value is -1.06. The Morgan fingerprint density at radius 1 is 1.23 bits per heavy atom. The molecule has 0 aliphatic rings. The first-order valence-corrected chi connectivity index (χ1v) is 4.54. The van der Waals surface area contributed by atoms with Gasteiger partial charge in [-0.1, -0.05) is 6.42 Å². The minimum Gasteiger partial charge on any atom is -0.370 e. The summed E-state index contributed by atoms with van der Waals surface area (Å²) < 4.78 is 0. The average molecular weight is 186 g/mol. The smallest absolute Gasteiger partial charge is 0.219 e. The lowest BCUT2D eigenvalue weighted by Crippen LogP contribution is -2.24. The summed E-state index contributed by atoms with van der Waals surface area (Å²) in [4.78, 5) is 22.8. The third-order valence-corrected chi connectivity index (χ3v) is 1.95. The number of nitrogens with zero attached hydrogens (tertiary/aromatic N) is 1. The van der Waals surface area contributed by atoms with E-state index in [1.54, 1.807) is 18.9 Å². The Morgan fingerprint density at radius 3 is 2.31 bits per heavy atom. The van der Waals surface area contributed by atoms with Gasteiger partial charge in [0.05, 0.1) is 0 Å². The van der Waals surface area contributed by atoms with Crippen LogP contribution in [0.4, 0.5) is 0 Å². The van der Waals surface area contributed by atoms with E-state index in [1.165, 1.54) is 0 Å². The Bertz CT molecular complexity index is 180. The van der Waals surface area contributed by atoms with Crippen LogP contribution in [-0.2, 0) is 9.59 Å². The number of amides is 2. The van der Waals surface area contributed by atoms with E-state index in [4.69, 9.17) is 5.73 Å². The van der Waals surface area contributed by atoms with Gasteiger partial charge in [0.15, 0.2) is 0 Å². The third kappa shape index (κ3) is 7.31. The topological polar surface area (TPSA) is 63.4 Å². The lowest BCUT2D eigenvalue weighted by molar-refractivity contribution is -0.127. The SMILES string of the molecule is CC(=O)N(C)CCCCCC(N)=O. The molecule has 0 saturated heterocycles. The minimum atomic E-state index is -0.250. The molecule has 2 amide bonds. The molecule has 0 aromatic carbocycles. The molecule has 0 bridgehead atoms. The highest BCUT2D eigenvalue weighted by Gasteiger charge is 2.00. The Morgan fingerprint density at radius 2 is 1.85 bits per heavy atom. The second-order valence-corrected chi connectivity index (χ2v) is 3.22. The molecule has 0 heterocycles. The first-order chi connectivity index (χ1) is 6.04. The molecule has 0 aliphatic carbocycles. The van der Waals surface area contributed by atoms with Crippen molar-refractivity contribution in [3.8, 4) is 0 Å². The summed E-state index contributed by atoms with van der Waals surface area (Å²) in [5, 5.41) is 0. The van der Waals surface area contributed by atoms with Gasteiger partial charge >= 0.3 is 0 Å². The van der Waals surface area contributed by atoms with E-state index in [9.17, 15) is 9.59 Å². The van der Waals surface area contributed by atoms with Crippen molar-refractivity contribution in [3.05, 3.63) is 0 Å². The van der Waals surface area contributed by atoms with E-state index < -0.39 is 0 Å². The predicted octanol–water partition coefficient (Wildman–Crippen LogP) is 0.510. The molecule has 0 fully saturated rings. The number of hydrogen-bond acceptors (Lipinski definition) is 2. The van der Waals surface area contributed by atoms with E-state index in [0.29, 0.717) is 6.42 Å². The third-order valence-electron chi connectivity index (χ3n) is 1.95. The van der Waals surface area contributed by atoms with Gasteiger partial charge in [-0.2, -0.15) is 0 Å². The standard InChI is InChI=1S/C9H18N2O2/c1-8(12)11(2)7-5-3-4-6-9(10)13/h3-7H2,1-2H3,(H2,10,13). The van der Waals surface area contributed by atoms with Crippen molar-refractivity contribution < 1.29 is 9.59 Å². The van der Waals surface area contributed by atoms with Crippen LogP contribution in [0.5, 0.6) is 0 Å². The van der Waals surface area contributed by atoms with E-state index in [2.05, 4.69) is 0 Å². The van der Waals surface area contributed by atoms with Gasteiger partial charge in [-0.25, -0.2) is 0 Å². The van der Waals surface area contributed by atoms with Crippen LogP contribution in [0.25, 0.3) is 0 Å². The zero-order chi connectivity index (χ0) is 10.3. The Kier molecular flexibility index (Phi) is 5.93. The highest BCUT2D eigenvalue weighted by molar-refractivity contribution is 5.73. The number of carbonyl (C=O) groups excluding carboxylic acids is 2. The molecule has 0 radical (unpaired) electrons. The average Bonchev–Trinajstić information content (AvgIpc) is 2.02. The summed E-state index contributed by atoms with van der Waals surface area (Å²) in [6, 6.07) is 0. The van der Waals surface area contributed by atoms with Crippen LogP contribution < -0.4 is 5.73 Å². The molecule has 0 spiro atoms. The second kappa shape index (κ2) is 6.46. The fraction of sp³-hybridized carbons (Fsp3) is 0.778. The van der Waals surface area contributed by atoms with Crippen LogP contribution in [0.1, 0.15) is 32.6 Å². The van der Waals surface area contributed by atoms with Crippen molar-refractivity contribution in [1.29, 1.82) is 0 Å². The molecule has 4 nitrogen and oxygen atoms in total. The summed E-state index contributed by atoms with van der Waals surface area (Å²) in [7, 11) is 1.77. The molecule has 4 heteroatoms. The van der Waals surface area contributed by atoms with Gasteiger partial charge in [0.2, 0.25) is 11.8 Å². The number of rotatable bonds is 6. The maximum Gasteiger partial charge on any atom is 0.219 e. The predicted molar refractivity (Wildman–Crippen MR) is 51.0 cm³/mol. The van der Waals surface area contributed by atoms with E-state index in [-0.39, 0.29) is 11.8 Å². The van der Waals surface area contributed by atoms with Crippen molar-refractivity contribution in [3.63, 3.8) is 0 Å². The van der Waals surface area contributed by atoms with Crippen LogP contribution in [0.3, 0.4) is 0 Å². The molecule has 0 unspecified atom stereocenters. The number of carbonyl (C=O) groups is 2. The maximum absolute atomic E-state index is 10.8. The van der Waals surface area contributed by atoms with Gasteiger partial charge in [-0.3, -0.25) is 9.59 Å². The lowest BCUT2D eigenvalue weighted by Gasteiger charge is -2.13. The van der Waals surface area contributed by atoms with Gasteiger partial charge in [0.25, 0.3) is 0 Å². The van der Waals surface area contributed by atoms with Crippen molar-refractivity contribution in [2.24, 2.45) is 5.73 Å². The molecular weight excluding hydrogens is 168 g/mol. The summed E-state index contributed by atoms with van der Waals surface area (Å²) in [5.74, 6) is -0.171. The van der Waals surface area contributed by atoms with Gasteiger partial charge in [0, 0.05) is 26.9 Å². The summed E-state index contributed by atoms with van der Waals surface area (Å²) >= 11 is 0. The first-order valence-electron chi connectivity index (χ1n) is 4.54. The highest BCUT2D eigenvalue weighted by atomic mass is 16.2. The number of primary amides is 1. The van der Waals surface area contributed by atoms with Crippen molar-refractivity contribution in [2.45, 2.75) is 32.6 Å². The lowest BCUT2D eigenvalue weighted by atomic mass is 10.2. The minimum absolute atomic E-state index is 0.0786. The Balaban J connectivity index is 3.26. The van der Waals surface area contributed by atoms with Crippen LogP contribution >= 0.6 is 0 Å². The van der Waals surface area contributed by atoms with Crippen molar-refractivity contribution >= 4 is 11.8 Å². The fourth-order valence-corrected chi connectivity index (χ4v) is 0.982. The molecule has 0 aliphatic heterocycles. The van der Waals surface area contributed by atoms with Crippen LogP contribution in [0.2, 0.25) is 0 Å². The van der Waals surface area contributed by atoms with Crippen LogP contribution in [-0.4, -0.2) is 30.3 Å². The number of nitrogens with two attached hydrogens (primary N) is 1. The second-order valence-electron chi connectivity index (χ2n) is 3.22. The molecule has 0 aromatic heterocycles. The molecule has 2 N–H and O–H groups in total. The van der Waals surface area contributed by atoms with Crippen LogP contribution in [0.15, 0.2) is 0 Å². The zero-order valence-corrected chi connectivity index (χ0v) is 8.38. The Labute approximate surface area is 79.1 Å². The molecule has 0 atom stereocenters. The van der Waals surface area contributed by atoms with Gasteiger partial charge in [-0.05, 0) is 12.8 Å². The summed E-state index contributed by atoms with van der Waals surface area (Å²) in [6.07, 6.45) is 3.15. The highest BCUT2D eigenvalue weighted by Crippen LogP contribution is 2.00. The van der Waals surface area contributed by atoms with E-state index in [1.807, 2.05) is 0 Å². The van der Waals surface area contributed by atoms with Crippen molar-refractivity contribution in [1.82, 2.24) is 4.90 Å². The molecule has 0 rings (SSSR count). The zero-order valence-electron chi connectivity index (χ0n) is 8.38. The fourth-order valence-electron chi connectivity index (χ4n) is 0.982. The number of unbranched alkanes of at least 4 members (excludes halogenated alkanes) is 2. The van der Waals surface area contributed by atoms with E-state index >= 15 is 0 Å². The van der Waals surface area contributed by atoms with Gasteiger partial charge in [0.1, 0.15) is 0 Å². The van der Waals surface area contributed by atoms with Gasteiger partial charge < -0.3 is 10.6 Å². The molecule has 76 valence electrons. The summed E-state index contributed by atoms with van der Waals surface area (Å²) in [5.41, 5.74) is 4.98. The van der Waals surface area contributed by atoms with E-state index in [0.717, 1.165) is 25.8 Å². The molecular formula is C9H18N2O2. The van der Waals surface area contributed by atoms with Crippen molar-refractivity contribution in [2.75, 3.05) is 13.6 Å². The molecule has 13 heavy (non-hydrogen) atoms. The molecule has 0 saturated carbocycles. The quantitative estimate of drug-likeness (QED) is 0.614. The monoisotopic (exact) mass is 186 g/mol. The number of hydrogen-bond donors (Lipinski definition) is 1. The van der Waals surface area contributed by atoms with Gasteiger partial charge in [-0.15, -0.1) is 0 Å².